The molecule has 0 atom stereocenters. The summed E-state index contributed by atoms with van der Waals surface area (Å²) in [6, 6.07) is 7.17. The highest BCUT2D eigenvalue weighted by molar-refractivity contribution is 5.99. The Morgan fingerprint density at radius 1 is 1.20 bits per heavy atom. The van der Waals surface area contributed by atoms with Gasteiger partial charge in [0.15, 0.2) is 0 Å². The molecule has 0 saturated heterocycles. The van der Waals surface area contributed by atoms with Gasteiger partial charge >= 0.3 is 6.09 Å². The lowest BCUT2D eigenvalue weighted by Crippen LogP contribution is -2.20. The second kappa shape index (κ2) is 7.93. The summed E-state index contributed by atoms with van der Waals surface area (Å²) in [4.78, 5) is 22.2. The number of nitrogens with zero attached hydrogens (tertiary/aromatic N) is 1. The first-order valence-corrected chi connectivity index (χ1v) is 6.09. The first kappa shape index (κ1) is 15.7. The van der Waals surface area contributed by atoms with E-state index in [4.69, 9.17) is 9.47 Å². The van der Waals surface area contributed by atoms with E-state index in [0.717, 1.165) is 11.3 Å². The molecule has 0 aromatic heterocycles. The van der Waals surface area contributed by atoms with Crippen molar-refractivity contribution in [3.63, 3.8) is 0 Å². The van der Waals surface area contributed by atoms with E-state index >= 15 is 0 Å². The lowest BCUT2D eigenvalue weighted by molar-refractivity contribution is -0.115. The van der Waals surface area contributed by atoms with Gasteiger partial charge in [0.2, 0.25) is 0 Å². The Bertz CT molecular complexity index is 494. The number of ether oxygens (including phenoxy) is 2. The van der Waals surface area contributed by atoms with Crippen LogP contribution in [0, 0.1) is 0 Å². The van der Waals surface area contributed by atoms with Gasteiger partial charge in [0.05, 0.1) is 7.11 Å². The molecular formula is C14H18N2O4. The third-order valence-corrected chi connectivity index (χ3v) is 2.37. The number of ketones is 1. The van der Waals surface area contributed by atoms with Crippen LogP contribution < -0.4 is 10.2 Å². The number of hydrazone groups is 1. The van der Waals surface area contributed by atoms with E-state index in [2.05, 4.69) is 10.5 Å². The van der Waals surface area contributed by atoms with E-state index in [1.807, 2.05) is 0 Å². The molecule has 0 aliphatic carbocycles. The molecule has 1 aromatic rings. The molecule has 1 N–H and O–H groups in total. The predicted molar refractivity (Wildman–Crippen MR) is 74.7 cm³/mol. The quantitative estimate of drug-likeness (QED) is 0.639. The number of nitrogens with one attached hydrogen (secondary N) is 1. The summed E-state index contributed by atoms with van der Waals surface area (Å²) in [5.41, 5.74) is 3.60. The molecule has 0 saturated carbocycles. The second-order valence-electron chi connectivity index (χ2n) is 4.26. The van der Waals surface area contributed by atoms with Crippen LogP contribution in [0.5, 0.6) is 5.75 Å². The monoisotopic (exact) mass is 278 g/mol. The summed E-state index contributed by atoms with van der Waals surface area (Å²) in [6.45, 7) is 3.25. The second-order valence-corrected chi connectivity index (χ2v) is 4.26. The van der Waals surface area contributed by atoms with Crippen molar-refractivity contribution >= 4 is 17.6 Å². The Kier molecular flexibility index (Phi) is 6.22. The SMILES string of the molecule is COc1ccc(COC(=O)NN=C(C)CC(C)=O)cc1. The lowest BCUT2D eigenvalue weighted by atomic mass is 10.2. The zero-order valence-corrected chi connectivity index (χ0v) is 11.8. The third-order valence-electron chi connectivity index (χ3n) is 2.37. The number of methoxy groups -OCH3 is 1. The first-order valence-electron chi connectivity index (χ1n) is 6.09. The van der Waals surface area contributed by atoms with Gasteiger partial charge in [-0.25, -0.2) is 10.2 Å². The molecule has 1 amide bonds. The Balaban J connectivity index is 2.37. The third kappa shape index (κ3) is 5.99. The average Bonchev–Trinajstić information content (AvgIpc) is 2.42. The van der Waals surface area contributed by atoms with Crippen LogP contribution in [0.4, 0.5) is 4.79 Å². The lowest BCUT2D eigenvalue weighted by Gasteiger charge is -2.05. The van der Waals surface area contributed by atoms with Crippen molar-refractivity contribution in [2.75, 3.05) is 7.11 Å². The number of amides is 1. The molecule has 6 nitrogen and oxygen atoms in total. The van der Waals surface area contributed by atoms with Crippen molar-refractivity contribution in [1.82, 2.24) is 5.43 Å². The van der Waals surface area contributed by atoms with E-state index in [0.29, 0.717) is 5.71 Å². The summed E-state index contributed by atoms with van der Waals surface area (Å²) in [5, 5.41) is 3.76. The predicted octanol–water partition coefficient (Wildman–Crippen LogP) is 2.28. The molecule has 0 aliphatic rings. The minimum Gasteiger partial charge on any atom is -0.497 e. The van der Waals surface area contributed by atoms with Gasteiger partial charge in [-0.05, 0) is 31.5 Å². The fraction of sp³-hybridized carbons (Fsp3) is 0.357. The number of benzene rings is 1. The van der Waals surface area contributed by atoms with Crippen molar-refractivity contribution in [2.45, 2.75) is 26.9 Å². The van der Waals surface area contributed by atoms with Gasteiger partial charge < -0.3 is 9.47 Å². The number of rotatable bonds is 6. The molecule has 6 heteroatoms. The van der Waals surface area contributed by atoms with Gasteiger partial charge in [-0.3, -0.25) is 4.79 Å². The summed E-state index contributed by atoms with van der Waals surface area (Å²) in [6.07, 6.45) is -0.456. The molecular weight excluding hydrogens is 260 g/mol. The highest BCUT2D eigenvalue weighted by atomic mass is 16.6. The molecule has 0 heterocycles. The van der Waals surface area contributed by atoms with Gasteiger partial charge in [-0.1, -0.05) is 12.1 Å². The molecule has 0 bridgehead atoms. The molecule has 1 rings (SSSR count). The van der Waals surface area contributed by atoms with Crippen LogP contribution in [0.15, 0.2) is 29.4 Å². The van der Waals surface area contributed by atoms with Gasteiger partial charge in [0.1, 0.15) is 18.1 Å². The van der Waals surface area contributed by atoms with Crippen LogP contribution in [-0.2, 0) is 16.1 Å². The first-order chi connectivity index (χ1) is 9.51. The Morgan fingerprint density at radius 2 is 1.85 bits per heavy atom. The Morgan fingerprint density at radius 3 is 2.40 bits per heavy atom. The molecule has 1 aromatic carbocycles. The number of hydrogen-bond acceptors (Lipinski definition) is 5. The summed E-state index contributed by atoms with van der Waals surface area (Å²) in [5.74, 6) is 0.724. The van der Waals surface area contributed by atoms with Gasteiger partial charge in [-0.15, -0.1) is 0 Å². The van der Waals surface area contributed by atoms with Crippen molar-refractivity contribution in [1.29, 1.82) is 0 Å². The number of carbonyl (C=O) groups is 2. The maximum atomic E-state index is 11.4. The molecule has 0 radical (unpaired) electrons. The molecule has 108 valence electrons. The standard InChI is InChI=1S/C14H18N2O4/c1-10(8-11(2)17)15-16-14(18)20-9-12-4-6-13(19-3)7-5-12/h4-7H,8-9H2,1-3H3,(H,16,18). The summed E-state index contributed by atoms with van der Waals surface area (Å²) >= 11 is 0. The molecule has 0 unspecified atom stereocenters. The maximum absolute atomic E-state index is 11.4. The Labute approximate surface area is 117 Å². The van der Waals surface area contributed by atoms with Crippen LogP contribution in [-0.4, -0.2) is 24.7 Å². The zero-order valence-electron chi connectivity index (χ0n) is 11.8. The number of Topliss-reactive ketones (excluding diaryl/α,β-unsaturated/α-hetero) is 1. The van der Waals surface area contributed by atoms with E-state index in [1.165, 1.54) is 6.92 Å². The van der Waals surface area contributed by atoms with Gasteiger partial charge in [0.25, 0.3) is 0 Å². The highest BCUT2D eigenvalue weighted by Crippen LogP contribution is 2.11. The van der Waals surface area contributed by atoms with Crippen LogP contribution in [0.25, 0.3) is 0 Å². The maximum Gasteiger partial charge on any atom is 0.428 e. The topological polar surface area (TPSA) is 77.0 Å². The zero-order chi connectivity index (χ0) is 15.0. The van der Waals surface area contributed by atoms with Crippen molar-refractivity contribution in [3.05, 3.63) is 29.8 Å². The van der Waals surface area contributed by atoms with Gasteiger partial charge in [-0.2, -0.15) is 5.10 Å². The van der Waals surface area contributed by atoms with Crippen molar-refractivity contribution in [3.8, 4) is 5.75 Å². The average molecular weight is 278 g/mol. The fourth-order valence-electron chi connectivity index (χ4n) is 1.44. The smallest absolute Gasteiger partial charge is 0.428 e. The fourth-order valence-corrected chi connectivity index (χ4v) is 1.44. The summed E-state index contributed by atoms with van der Waals surface area (Å²) < 4.78 is 10.0. The number of carbonyl (C=O) groups excluding carboxylic acids is 2. The summed E-state index contributed by atoms with van der Waals surface area (Å²) in [7, 11) is 1.58. The minimum atomic E-state index is -0.663. The highest BCUT2D eigenvalue weighted by Gasteiger charge is 2.03. The van der Waals surface area contributed by atoms with E-state index in [9.17, 15) is 9.59 Å². The normalized spacial score (nSPS) is 10.8. The molecule has 0 aliphatic heterocycles. The van der Waals surface area contributed by atoms with E-state index in [-0.39, 0.29) is 18.8 Å². The largest absolute Gasteiger partial charge is 0.497 e. The van der Waals surface area contributed by atoms with E-state index < -0.39 is 6.09 Å². The van der Waals surface area contributed by atoms with Crippen LogP contribution in [0.1, 0.15) is 25.8 Å². The number of hydrogen-bond donors (Lipinski definition) is 1. The Hall–Kier alpha value is -2.37. The van der Waals surface area contributed by atoms with E-state index in [1.54, 1.807) is 38.3 Å². The van der Waals surface area contributed by atoms with Crippen LogP contribution in [0.2, 0.25) is 0 Å². The van der Waals surface area contributed by atoms with Gasteiger partial charge in [0, 0.05) is 12.1 Å². The minimum absolute atomic E-state index is 0.0142. The molecule has 0 fully saturated rings. The molecule has 20 heavy (non-hydrogen) atoms. The van der Waals surface area contributed by atoms with Crippen molar-refractivity contribution < 1.29 is 19.1 Å². The molecule has 0 spiro atoms. The van der Waals surface area contributed by atoms with Crippen LogP contribution >= 0.6 is 0 Å². The van der Waals surface area contributed by atoms with Crippen LogP contribution in [0.3, 0.4) is 0 Å². The van der Waals surface area contributed by atoms with Crippen molar-refractivity contribution in [2.24, 2.45) is 5.10 Å².